The van der Waals surface area contributed by atoms with Crippen LogP contribution in [0.15, 0.2) is 18.2 Å². The molecule has 1 aromatic carbocycles. The smallest absolute Gasteiger partial charge is 0.221 e. The lowest BCUT2D eigenvalue weighted by Crippen LogP contribution is -2.44. The molecule has 6 nitrogen and oxygen atoms in total. The number of methoxy groups -OCH3 is 1. The molecule has 2 rings (SSSR count). The predicted molar refractivity (Wildman–Crippen MR) is 113 cm³/mol. The molecule has 150 valence electrons. The van der Waals surface area contributed by atoms with E-state index < -0.39 is 0 Å². The second-order valence-electron chi connectivity index (χ2n) is 5.82. The van der Waals surface area contributed by atoms with Crippen LogP contribution < -0.4 is 20.7 Å². The molecule has 0 aliphatic carbocycles. The van der Waals surface area contributed by atoms with Crippen molar-refractivity contribution in [3.63, 3.8) is 0 Å². The van der Waals surface area contributed by atoms with Crippen molar-refractivity contribution < 1.29 is 9.53 Å². The van der Waals surface area contributed by atoms with Crippen LogP contribution in [0.25, 0.3) is 0 Å². The van der Waals surface area contributed by atoms with Crippen LogP contribution in [0.4, 0.5) is 5.69 Å². The van der Waals surface area contributed by atoms with Crippen molar-refractivity contribution in [2.24, 2.45) is 0 Å². The molecule has 1 saturated heterocycles. The average molecular weight is 428 g/mol. The molecule has 1 amide bonds. The van der Waals surface area contributed by atoms with Gasteiger partial charge in [-0.3, -0.25) is 4.79 Å². The number of anilines is 1. The van der Waals surface area contributed by atoms with Gasteiger partial charge in [0.25, 0.3) is 0 Å². The fraction of sp³-hybridized carbons (Fsp3) is 0.588. The minimum absolute atomic E-state index is 0. The number of ether oxygens (including phenoxy) is 1. The summed E-state index contributed by atoms with van der Waals surface area (Å²) >= 11 is 5.98. The van der Waals surface area contributed by atoms with Gasteiger partial charge in [-0.15, -0.1) is 24.8 Å². The van der Waals surface area contributed by atoms with Crippen LogP contribution in [0.2, 0.25) is 5.02 Å². The maximum Gasteiger partial charge on any atom is 0.221 e. The van der Waals surface area contributed by atoms with Gasteiger partial charge in [-0.2, -0.15) is 0 Å². The van der Waals surface area contributed by atoms with Crippen LogP contribution >= 0.6 is 36.4 Å². The molecule has 0 unspecified atom stereocenters. The summed E-state index contributed by atoms with van der Waals surface area (Å²) in [5.41, 5.74) is 0.802. The maximum atomic E-state index is 11.9. The number of benzene rings is 1. The highest BCUT2D eigenvalue weighted by atomic mass is 35.5. The van der Waals surface area contributed by atoms with E-state index in [1.807, 2.05) is 0 Å². The third kappa shape index (κ3) is 9.14. The van der Waals surface area contributed by atoms with E-state index >= 15 is 0 Å². The molecule has 1 aliphatic rings. The van der Waals surface area contributed by atoms with Crippen LogP contribution in [0.3, 0.4) is 0 Å². The summed E-state index contributed by atoms with van der Waals surface area (Å²) in [4.78, 5) is 14.3. The van der Waals surface area contributed by atoms with Crippen molar-refractivity contribution in [2.45, 2.75) is 12.8 Å². The van der Waals surface area contributed by atoms with E-state index in [4.69, 9.17) is 16.3 Å². The van der Waals surface area contributed by atoms with Gasteiger partial charge in [-0.1, -0.05) is 11.6 Å². The molecule has 3 N–H and O–H groups in total. The molecule has 1 heterocycles. The second-order valence-corrected chi connectivity index (χ2v) is 6.25. The van der Waals surface area contributed by atoms with Crippen molar-refractivity contribution in [3.05, 3.63) is 23.2 Å². The van der Waals surface area contributed by atoms with Gasteiger partial charge in [-0.25, -0.2) is 0 Å². The summed E-state index contributed by atoms with van der Waals surface area (Å²) in [5.74, 6) is 0.777. The molecule has 1 aromatic rings. The number of hydrogen-bond donors (Lipinski definition) is 3. The van der Waals surface area contributed by atoms with E-state index in [9.17, 15) is 4.79 Å². The Morgan fingerprint density at radius 1 is 1.27 bits per heavy atom. The van der Waals surface area contributed by atoms with Crippen LogP contribution in [0.1, 0.15) is 12.8 Å². The van der Waals surface area contributed by atoms with Crippen molar-refractivity contribution >= 4 is 48.0 Å². The first-order valence-corrected chi connectivity index (χ1v) is 8.84. The Morgan fingerprint density at radius 3 is 2.69 bits per heavy atom. The van der Waals surface area contributed by atoms with Gasteiger partial charge < -0.3 is 25.6 Å². The number of nitrogens with one attached hydrogen (secondary N) is 3. The molecule has 9 heteroatoms. The fourth-order valence-corrected chi connectivity index (χ4v) is 2.85. The molecule has 26 heavy (non-hydrogen) atoms. The highest BCUT2D eigenvalue weighted by Gasteiger charge is 2.09. The molecule has 0 aromatic heterocycles. The Bertz CT molecular complexity index is 529. The Labute approximate surface area is 173 Å². The molecule has 0 saturated carbocycles. The fourth-order valence-electron chi connectivity index (χ4n) is 2.68. The molecule has 1 aliphatic heterocycles. The number of piperazine rings is 1. The summed E-state index contributed by atoms with van der Waals surface area (Å²) in [7, 11) is 1.61. The maximum absolute atomic E-state index is 11.9. The van der Waals surface area contributed by atoms with Crippen molar-refractivity contribution in [1.82, 2.24) is 15.5 Å². The van der Waals surface area contributed by atoms with E-state index in [1.165, 1.54) is 0 Å². The molecular formula is C17H29Cl3N4O2. The first-order valence-electron chi connectivity index (χ1n) is 8.46. The number of nitrogens with zero attached hydrogens (tertiary/aromatic N) is 1. The summed E-state index contributed by atoms with van der Waals surface area (Å²) < 4.78 is 5.26. The zero-order valence-electron chi connectivity index (χ0n) is 15.1. The average Bonchev–Trinajstić information content (AvgIpc) is 2.60. The van der Waals surface area contributed by atoms with E-state index in [0.717, 1.165) is 57.1 Å². The van der Waals surface area contributed by atoms with Gasteiger partial charge in [0.15, 0.2) is 0 Å². The second kappa shape index (κ2) is 14.2. The number of halogens is 3. The SMILES string of the molecule is COc1ccc(Cl)cc1NCCC(=O)NCCCN1CCNCC1.Cl.Cl. The van der Waals surface area contributed by atoms with Gasteiger partial charge in [0.1, 0.15) is 5.75 Å². The third-order valence-corrected chi connectivity index (χ3v) is 4.25. The van der Waals surface area contributed by atoms with E-state index in [-0.39, 0.29) is 30.7 Å². The van der Waals surface area contributed by atoms with Gasteiger partial charge in [-0.05, 0) is 31.2 Å². The van der Waals surface area contributed by atoms with Crippen LogP contribution in [0, 0.1) is 0 Å². The lowest BCUT2D eigenvalue weighted by molar-refractivity contribution is -0.120. The van der Waals surface area contributed by atoms with Gasteiger partial charge in [0.2, 0.25) is 5.91 Å². The van der Waals surface area contributed by atoms with Gasteiger partial charge >= 0.3 is 0 Å². The molecule has 0 radical (unpaired) electrons. The normalized spacial score (nSPS) is 13.9. The van der Waals surface area contributed by atoms with Crippen molar-refractivity contribution in [1.29, 1.82) is 0 Å². The standard InChI is InChI=1S/C17H27ClN4O2.2ClH/c1-24-16-4-3-14(18)13-15(16)20-7-5-17(23)21-6-2-10-22-11-8-19-9-12-22;;/h3-4,13,19-20H,2,5-12H2,1H3,(H,21,23);2*1H. The summed E-state index contributed by atoms with van der Waals surface area (Å²) in [6, 6.07) is 5.38. The Balaban J connectivity index is 0.00000312. The Morgan fingerprint density at radius 2 is 2.00 bits per heavy atom. The zero-order chi connectivity index (χ0) is 17.2. The lowest BCUT2D eigenvalue weighted by atomic mass is 10.2. The first kappa shape index (κ1) is 25.1. The lowest BCUT2D eigenvalue weighted by Gasteiger charge is -2.27. The first-order chi connectivity index (χ1) is 11.7. The minimum Gasteiger partial charge on any atom is -0.495 e. The third-order valence-electron chi connectivity index (χ3n) is 4.01. The monoisotopic (exact) mass is 426 g/mol. The number of hydrogen-bond acceptors (Lipinski definition) is 5. The summed E-state index contributed by atoms with van der Waals surface area (Å²) in [5, 5.41) is 10.1. The van der Waals surface area contributed by atoms with E-state index in [0.29, 0.717) is 18.0 Å². The van der Waals surface area contributed by atoms with E-state index in [1.54, 1.807) is 25.3 Å². The molecule has 0 spiro atoms. The Hall–Kier alpha value is -0.920. The quantitative estimate of drug-likeness (QED) is 0.528. The highest BCUT2D eigenvalue weighted by molar-refractivity contribution is 6.30. The molecule has 1 fully saturated rings. The van der Waals surface area contributed by atoms with Crippen molar-refractivity contribution in [3.8, 4) is 5.75 Å². The highest BCUT2D eigenvalue weighted by Crippen LogP contribution is 2.27. The van der Waals surface area contributed by atoms with E-state index in [2.05, 4.69) is 20.9 Å². The minimum atomic E-state index is 0. The van der Waals surface area contributed by atoms with Gasteiger partial charge in [0, 0.05) is 50.7 Å². The number of carbonyl (C=O) groups is 1. The van der Waals surface area contributed by atoms with Crippen molar-refractivity contribution in [2.75, 3.05) is 58.2 Å². The Kier molecular flexibility index (Phi) is 13.7. The summed E-state index contributed by atoms with van der Waals surface area (Å²) in [6.07, 6.45) is 1.41. The number of carbonyl (C=O) groups excluding carboxylic acids is 1. The van der Waals surface area contributed by atoms with Crippen LogP contribution in [-0.4, -0.2) is 63.7 Å². The van der Waals surface area contributed by atoms with Crippen LogP contribution in [-0.2, 0) is 4.79 Å². The zero-order valence-corrected chi connectivity index (χ0v) is 17.4. The van der Waals surface area contributed by atoms with Gasteiger partial charge in [0.05, 0.1) is 12.8 Å². The predicted octanol–water partition coefficient (Wildman–Crippen LogP) is 2.41. The molecular weight excluding hydrogens is 399 g/mol. The number of rotatable bonds is 9. The summed E-state index contributed by atoms with van der Waals surface area (Å²) in [6.45, 7) is 6.62. The van der Waals surface area contributed by atoms with Crippen LogP contribution in [0.5, 0.6) is 5.75 Å². The topological polar surface area (TPSA) is 65.6 Å². The largest absolute Gasteiger partial charge is 0.495 e. The molecule has 0 bridgehead atoms. The molecule has 0 atom stereocenters. The number of amides is 1.